The number of fused-ring (bicyclic) bond motifs is 3. The number of phosphoric acid groups is 2. The zero-order valence-corrected chi connectivity index (χ0v) is 39.8. The number of aliphatic hydroxyl groups is 1. The number of carbonyl (C=O) groups excluding carboxylic acids is 2. The molecule has 368 valence electrons. The zero-order chi connectivity index (χ0) is 50.3. The predicted octanol–water partition coefficient (Wildman–Crippen LogP) is 1.26. The largest absolute Gasteiger partial charge is 0.488 e. The third kappa shape index (κ3) is 11.6. The predicted molar refractivity (Wildman–Crippen MR) is 246 cm³/mol. The Morgan fingerprint density at radius 2 is 1.70 bits per heavy atom. The third-order valence-electron chi connectivity index (χ3n) is 10.3. The number of phosphoric ester groups is 1. The summed E-state index contributed by atoms with van der Waals surface area (Å²) in [7, 11) is -3.89. The highest BCUT2D eigenvalue weighted by molar-refractivity contribution is 8.08. The molecule has 2 aliphatic heterocycles. The maximum absolute atomic E-state index is 13.4. The molecule has 2 unspecified atom stereocenters. The summed E-state index contributed by atoms with van der Waals surface area (Å²) in [4.78, 5) is 102. The number of amides is 2. The minimum atomic E-state index is -5.73. The van der Waals surface area contributed by atoms with Crippen LogP contribution < -0.4 is 36.8 Å². The summed E-state index contributed by atoms with van der Waals surface area (Å²) in [5, 5.41) is 28.2. The van der Waals surface area contributed by atoms with Crippen LogP contribution in [0.15, 0.2) is 70.1 Å². The molecule has 1 aliphatic carbocycles. The second-order valence-electron chi connectivity index (χ2n) is 15.5. The van der Waals surface area contributed by atoms with Crippen molar-refractivity contribution in [2.24, 2.45) is 0 Å². The molecular weight excluding hydrogens is 995 g/mol. The number of carboxylic acids is 1. The van der Waals surface area contributed by atoms with Crippen molar-refractivity contribution in [3.8, 4) is 22.5 Å². The molecule has 1 saturated heterocycles. The average Bonchev–Trinajstić information content (AvgIpc) is 3.81. The smallest absolute Gasteiger partial charge is 0.478 e. The molecule has 4 heterocycles. The highest BCUT2D eigenvalue weighted by atomic mass is 32.5. The number of anilines is 2. The molecule has 7 rings (SSSR count). The molecule has 0 saturated carbocycles. The fourth-order valence-corrected chi connectivity index (χ4v) is 11.0. The Hall–Kier alpha value is -5.96. The summed E-state index contributed by atoms with van der Waals surface area (Å²) >= 11 is 4.08. The summed E-state index contributed by atoms with van der Waals surface area (Å²) in [6.07, 6.45) is -7.23. The number of alkyl carbamates (subject to hydrolysis) is 1. The first kappa shape index (κ1) is 50.9. The van der Waals surface area contributed by atoms with Gasteiger partial charge in [-0.15, -0.1) is 0 Å². The van der Waals surface area contributed by atoms with Gasteiger partial charge >= 0.3 is 34.4 Å². The summed E-state index contributed by atoms with van der Waals surface area (Å²) < 4.78 is 57.7. The van der Waals surface area contributed by atoms with E-state index >= 15 is 0 Å². The first-order valence-corrected chi connectivity index (χ1v) is 25.6. The van der Waals surface area contributed by atoms with Gasteiger partial charge in [0.25, 0.3) is 11.5 Å². The molecular formula is C38H43N9O18P3S+. The van der Waals surface area contributed by atoms with E-state index in [4.69, 9.17) is 24.1 Å². The zero-order valence-electron chi connectivity index (χ0n) is 36.3. The van der Waals surface area contributed by atoms with Crippen molar-refractivity contribution in [2.75, 3.05) is 58.5 Å². The summed E-state index contributed by atoms with van der Waals surface area (Å²) in [6, 6.07) is 15.3. The van der Waals surface area contributed by atoms with Gasteiger partial charge in [-0.05, 0) is 47.7 Å². The van der Waals surface area contributed by atoms with E-state index in [9.17, 15) is 58.1 Å². The van der Waals surface area contributed by atoms with Gasteiger partial charge in [-0.3, -0.25) is 23.7 Å². The molecule has 4 aromatic rings. The van der Waals surface area contributed by atoms with E-state index < -0.39 is 77.0 Å². The number of nitrogens with zero attached hydrogens (tertiary/aromatic N) is 5. The number of hydrogen-bond acceptors (Lipinski definition) is 18. The number of aliphatic hydroxyl groups excluding tert-OH is 1. The molecule has 69 heavy (non-hydrogen) atoms. The van der Waals surface area contributed by atoms with Crippen molar-refractivity contribution in [1.82, 2.24) is 34.7 Å². The van der Waals surface area contributed by atoms with Crippen LogP contribution in [-0.4, -0.2) is 133 Å². The summed E-state index contributed by atoms with van der Waals surface area (Å²) in [5.41, 5.74) is 7.08. The molecule has 0 radical (unpaired) electrons. The number of H-pyrrole nitrogens is 1. The highest BCUT2D eigenvalue weighted by Gasteiger charge is 2.49. The van der Waals surface area contributed by atoms with Crippen molar-refractivity contribution >= 4 is 85.9 Å². The molecule has 2 aromatic carbocycles. The first-order valence-electron chi connectivity index (χ1n) is 19.9. The fourth-order valence-electron chi connectivity index (χ4n) is 7.23. The van der Waals surface area contributed by atoms with Gasteiger partial charge in [-0.1, -0.05) is 6.07 Å². The van der Waals surface area contributed by atoms with Crippen molar-refractivity contribution in [3.63, 3.8) is 0 Å². The lowest BCUT2D eigenvalue weighted by Gasteiger charge is -2.22. The number of nitrogen functional groups attached to an aromatic ring is 1. The van der Waals surface area contributed by atoms with Gasteiger partial charge in [0.15, 0.2) is 23.5 Å². The monoisotopic (exact) mass is 1040 g/mol. The number of aromatic amines is 1. The van der Waals surface area contributed by atoms with Gasteiger partial charge in [0.2, 0.25) is 11.3 Å². The second-order valence-corrected chi connectivity index (χ2v) is 21.3. The molecule has 31 heteroatoms. The lowest BCUT2D eigenvalue weighted by Crippen LogP contribution is -2.42. The van der Waals surface area contributed by atoms with Crippen LogP contribution in [0.4, 0.5) is 16.4 Å². The molecule has 1 fully saturated rings. The highest BCUT2D eigenvalue weighted by Crippen LogP contribution is 2.66. The van der Waals surface area contributed by atoms with Crippen LogP contribution in [0.5, 0.6) is 0 Å². The lowest BCUT2D eigenvalue weighted by molar-refractivity contribution is -0.0508. The number of ether oxygens (including phenoxy) is 2. The Morgan fingerprint density at radius 3 is 2.38 bits per heavy atom. The van der Waals surface area contributed by atoms with Crippen LogP contribution in [0, 0.1) is 0 Å². The number of hydrogen-bond donors (Lipinski definition) is 10. The van der Waals surface area contributed by atoms with E-state index in [0.29, 0.717) is 33.4 Å². The van der Waals surface area contributed by atoms with Crippen LogP contribution in [-0.2, 0) is 43.6 Å². The normalized spacial score (nSPS) is 19.0. The van der Waals surface area contributed by atoms with Crippen molar-refractivity contribution < 1.29 is 80.3 Å². The molecule has 11 N–H and O–H groups in total. The molecule has 2 amide bonds. The van der Waals surface area contributed by atoms with E-state index in [1.54, 1.807) is 0 Å². The van der Waals surface area contributed by atoms with Gasteiger partial charge in [-0.2, -0.15) is 9.29 Å². The van der Waals surface area contributed by atoms with Crippen LogP contribution in [0.2, 0.25) is 0 Å². The molecule has 0 bridgehead atoms. The summed E-state index contributed by atoms with van der Waals surface area (Å²) in [6.45, 7) is -6.60. The maximum Gasteiger partial charge on any atom is 0.488 e. The van der Waals surface area contributed by atoms with Crippen molar-refractivity contribution in [2.45, 2.75) is 24.5 Å². The minimum Gasteiger partial charge on any atom is -0.478 e. The first-order chi connectivity index (χ1) is 32.3. The number of aromatic nitrogens is 4. The van der Waals surface area contributed by atoms with Crippen LogP contribution >= 0.6 is 22.4 Å². The Morgan fingerprint density at radius 1 is 0.986 bits per heavy atom. The lowest BCUT2D eigenvalue weighted by atomic mass is 9.89. The van der Waals surface area contributed by atoms with E-state index in [0.717, 1.165) is 21.9 Å². The van der Waals surface area contributed by atoms with Gasteiger partial charge in [0.05, 0.1) is 24.6 Å². The molecule has 0 spiro atoms. The molecule has 3 aliphatic rings. The van der Waals surface area contributed by atoms with Crippen LogP contribution in [0.3, 0.4) is 0 Å². The number of nitrogens with two attached hydrogens (primary N) is 1. The maximum atomic E-state index is 13.4. The average molecular weight is 1040 g/mol. The van der Waals surface area contributed by atoms with Gasteiger partial charge in [0.1, 0.15) is 37.6 Å². The number of imidazole rings is 1. The SMILES string of the molecule is CN(C)c1ccc2c(-c3ccc(C(=O)NCCNC(=O)O[C@H]4[C@@H](O)[C@H](n5cnc6c(=O)[nH]c(N)nc65)O[C@@H]4COP(=O)(O)OP(=O)(O)OP(O)(O)=S)cc3C(=O)O)c3ccc(=[N+](C)C)cc-3oc2c1. The topological polar surface area (TPSA) is 386 Å². The number of benzene rings is 3. The standard InChI is InChI=1S/C38H42N9O18P3S/c1-45(2)19-6-9-22-25(14-19)61-26-15-20(46(3)4)7-10-23(26)28(22)21-8-5-18(13-24(21)36(51)52)33(49)40-11-12-41-38(53)63-31-27(16-60-66(54,55)64-67(56,57)65-68(58,59)69)62-35(30(31)48)47-17-42-29-32(47)43-37(39)44-34(29)50/h5-10,13-15,17,27,30-31,35,48H,11-12,16H2,1-4H3,(H9-,39,40,41,43,44,49,50,51,52,53,54,55,56,57,58,59,69)/p+1/t27-,30-,31-,35-/m1/s1. The second kappa shape index (κ2) is 19.8. The van der Waals surface area contributed by atoms with E-state index in [1.165, 1.54) is 18.2 Å². The van der Waals surface area contributed by atoms with E-state index in [1.807, 2.05) is 74.1 Å². The fraction of sp³-hybridized carbons (Fsp3) is 0.289. The van der Waals surface area contributed by atoms with Crippen LogP contribution in [0.25, 0.3) is 44.6 Å². The molecule has 6 atom stereocenters. The number of rotatable bonds is 16. The van der Waals surface area contributed by atoms with Gasteiger partial charge in [-0.25, -0.2) is 32.6 Å². The Bertz CT molecular complexity index is 3260. The van der Waals surface area contributed by atoms with Gasteiger partial charge < -0.3 is 64.9 Å². The van der Waals surface area contributed by atoms with E-state index in [2.05, 4.69) is 46.0 Å². The quantitative estimate of drug-likeness (QED) is 0.0282. The Kier molecular flexibility index (Phi) is 14.6. The van der Waals surface area contributed by atoms with Crippen molar-refractivity contribution in [1.29, 1.82) is 0 Å². The number of carbonyl (C=O) groups is 3. The summed E-state index contributed by atoms with van der Waals surface area (Å²) in [5.74, 6) is -1.88. The molecule has 27 nitrogen and oxygen atoms in total. The number of aromatic carboxylic acids is 1. The molecule has 2 aromatic heterocycles. The third-order valence-corrected chi connectivity index (χ3v) is 14.7. The van der Waals surface area contributed by atoms with Crippen LogP contribution in [0.1, 0.15) is 26.9 Å². The van der Waals surface area contributed by atoms with Gasteiger partial charge in [0, 0.05) is 67.1 Å². The number of nitrogens with one attached hydrogen (secondary N) is 3. The Balaban J connectivity index is 1.06. The minimum absolute atomic E-state index is 0.0322. The van der Waals surface area contributed by atoms with Crippen molar-refractivity contribution in [3.05, 3.63) is 87.8 Å². The van der Waals surface area contributed by atoms with E-state index in [-0.39, 0.29) is 41.3 Å². The number of carboxylic acid groups (broad SMARTS) is 1. The Labute approximate surface area is 393 Å².